The Kier molecular flexibility index (Phi) is 3.59. The van der Waals surface area contributed by atoms with Crippen molar-refractivity contribution in [1.82, 2.24) is 30.1 Å². The lowest BCUT2D eigenvalue weighted by molar-refractivity contribution is 0.381. The number of nitrogens with one attached hydrogen (secondary N) is 1. The van der Waals surface area contributed by atoms with Crippen molar-refractivity contribution in [3.63, 3.8) is 0 Å². The molecule has 0 spiro atoms. The second-order valence-corrected chi connectivity index (χ2v) is 7.05. The molecule has 25 heavy (non-hydrogen) atoms. The van der Waals surface area contributed by atoms with Crippen LogP contribution in [-0.4, -0.2) is 44.4 Å². The Morgan fingerprint density at radius 2 is 1.88 bits per heavy atom. The highest BCUT2D eigenvalue weighted by Gasteiger charge is 2.31. The summed E-state index contributed by atoms with van der Waals surface area (Å²) in [7, 11) is 0. The molecule has 7 nitrogen and oxygen atoms in total. The zero-order valence-corrected chi connectivity index (χ0v) is 14.0. The van der Waals surface area contributed by atoms with Crippen LogP contribution in [0, 0.1) is 5.92 Å². The minimum absolute atomic E-state index is 0.555. The summed E-state index contributed by atoms with van der Waals surface area (Å²) in [5.41, 5.74) is 2.13. The van der Waals surface area contributed by atoms with Crippen LogP contribution in [0.2, 0.25) is 0 Å². The van der Waals surface area contributed by atoms with Gasteiger partial charge in [0.15, 0.2) is 11.5 Å². The van der Waals surface area contributed by atoms with E-state index in [1.807, 2.05) is 23.0 Å². The molecule has 4 heterocycles. The van der Waals surface area contributed by atoms with Gasteiger partial charge in [-0.2, -0.15) is 4.52 Å². The third-order valence-electron chi connectivity index (χ3n) is 5.01. The van der Waals surface area contributed by atoms with Crippen LogP contribution >= 0.6 is 0 Å². The van der Waals surface area contributed by atoms with E-state index in [9.17, 15) is 0 Å². The molecule has 5 rings (SSSR count). The number of pyridine rings is 1. The average Bonchev–Trinajstić information content (AvgIpc) is 3.37. The summed E-state index contributed by atoms with van der Waals surface area (Å²) in [6.45, 7) is 4.02. The number of aromatic nitrogens is 5. The van der Waals surface area contributed by atoms with Crippen molar-refractivity contribution in [2.75, 3.05) is 24.5 Å². The van der Waals surface area contributed by atoms with Crippen LogP contribution in [0.25, 0.3) is 5.65 Å². The lowest BCUT2D eigenvalue weighted by Gasteiger charge is -2.40. The first-order valence-corrected chi connectivity index (χ1v) is 8.94. The van der Waals surface area contributed by atoms with Gasteiger partial charge in [-0.1, -0.05) is 0 Å². The van der Waals surface area contributed by atoms with Crippen LogP contribution in [-0.2, 0) is 6.54 Å². The zero-order chi connectivity index (χ0) is 16.6. The number of fused-ring (bicyclic) bond motifs is 1. The maximum Gasteiger partial charge on any atom is 0.178 e. The maximum atomic E-state index is 4.77. The lowest BCUT2D eigenvalue weighted by atomic mass is 10.00. The quantitative estimate of drug-likeness (QED) is 0.738. The standard InChI is InChI=1S/C18H21N7/c1-2-15(1)18-22-21-16-3-4-17(23-25(16)18)24-11-14(12-24)10-20-9-13-5-7-19-8-6-13/h3-8,14-15,20H,1-2,9-12H2. The Labute approximate surface area is 146 Å². The van der Waals surface area contributed by atoms with Gasteiger partial charge in [-0.15, -0.1) is 15.3 Å². The Balaban J connectivity index is 1.18. The normalized spacial score (nSPS) is 17.8. The predicted octanol–water partition coefficient (Wildman–Crippen LogP) is 1.62. The molecule has 1 saturated carbocycles. The van der Waals surface area contributed by atoms with Gasteiger partial charge in [0.25, 0.3) is 0 Å². The molecule has 3 aromatic rings. The SMILES string of the molecule is c1cc(CNCC2CN(c3ccc4nnc(C5CC5)n4n3)C2)ccn1. The summed E-state index contributed by atoms with van der Waals surface area (Å²) >= 11 is 0. The molecule has 0 aromatic carbocycles. The van der Waals surface area contributed by atoms with Crippen LogP contribution in [0.4, 0.5) is 5.82 Å². The maximum absolute atomic E-state index is 4.77. The Morgan fingerprint density at radius 3 is 2.68 bits per heavy atom. The third-order valence-corrected chi connectivity index (χ3v) is 5.01. The lowest BCUT2D eigenvalue weighted by Crippen LogP contribution is -2.51. The van der Waals surface area contributed by atoms with Crippen molar-refractivity contribution < 1.29 is 0 Å². The average molecular weight is 335 g/mol. The predicted molar refractivity (Wildman–Crippen MR) is 94.4 cm³/mol. The number of anilines is 1. The van der Waals surface area contributed by atoms with Crippen molar-refractivity contribution in [3.05, 3.63) is 48.0 Å². The smallest absolute Gasteiger partial charge is 0.178 e. The molecular weight excluding hydrogens is 314 g/mol. The van der Waals surface area contributed by atoms with Crippen molar-refractivity contribution in [2.45, 2.75) is 25.3 Å². The summed E-state index contributed by atoms with van der Waals surface area (Å²) in [5.74, 6) is 3.27. The molecule has 1 aliphatic carbocycles. The van der Waals surface area contributed by atoms with Crippen LogP contribution < -0.4 is 10.2 Å². The first-order chi connectivity index (χ1) is 12.4. The zero-order valence-electron chi connectivity index (χ0n) is 14.0. The van der Waals surface area contributed by atoms with E-state index in [0.717, 1.165) is 43.5 Å². The molecule has 1 aliphatic heterocycles. The number of hydrogen-bond acceptors (Lipinski definition) is 6. The molecule has 1 N–H and O–H groups in total. The summed E-state index contributed by atoms with van der Waals surface area (Å²) in [6, 6.07) is 8.18. The van der Waals surface area contributed by atoms with Gasteiger partial charge in [0.05, 0.1) is 0 Å². The van der Waals surface area contributed by atoms with Crippen molar-refractivity contribution in [3.8, 4) is 0 Å². The molecule has 0 amide bonds. The van der Waals surface area contributed by atoms with E-state index in [1.54, 1.807) is 0 Å². The summed E-state index contributed by atoms with van der Waals surface area (Å²) < 4.78 is 1.93. The minimum atomic E-state index is 0.555. The van der Waals surface area contributed by atoms with Crippen molar-refractivity contribution in [1.29, 1.82) is 0 Å². The first-order valence-electron chi connectivity index (χ1n) is 8.94. The van der Waals surface area contributed by atoms with Crippen LogP contribution in [0.15, 0.2) is 36.7 Å². The van der Waals surface area contributed by atoms with Crippen molar-refractivity contribution >= 4 is 11.5 Å². The highest BCUT2D eigenvalue weighted by Crippen LogP contribution is 2.38. The summed E-state index contributed by atoms with van der Waals surface area (Å²) in [6.07, 6.45) is 6.10. The molecular formula is C18H21N7. The molecule has 2 fully saturated rings. The number of rotatable bonds is 6. The van der Waals surface area contributed by atoms with E-state index >= 15 is 0 Å². The monoisotopic (exact) mass is 335 g/mol. The van der Waals surface area contributed by atoms with Gasteiger partial charge < -0.3 is 10.2 Å². The molecule has 128 valence electrons. The van der Waals surface area contributed by atoms with Crippen LogP contribution in [0.5, 0.6) is 0 Å². The second kappa shape index (κ2) is 6.07. The van der Waals surface area contributed by atoms with Crippen molar-refractivity contribution in [2.24, 2.45) is 5.92 Å². The van der Waals surface area contributed by atoms with E-state index in [2.05, 4.69) is 43.6 Å². The third kappa shape index (κ3) is 2.95. The molecule has 3 aromatic heterocycles. The molecule has 1 saturated heterocycles. The van der Waals surface area contributed by atoms with Gasteiger partial charge in [0.1, 0.15) is 5.82 Å². The van der Waals surface area contributed by atoms with E-state index in [1.165, 1.54) is 18.4 Å². The molecule has 0 atom stereocenters. The fourth-order valence-corrected chi connectivity index (χ4v) is 3.37. The molecule has 0 unspecified atom stereocenters. The Bertz CT molecular complexity index is 866. The number of nitrogens with zero attached hydrogens (tertiary/aromatic N) is 6. The molecule has 7 heteroatoms. The van der Waals surface area contributed by atoms with E-state index in [-0.39, 0.29) is 0 Å². The van der Waals surface area contributed by atoms with Crippen LogP contribution in [0.3, 0.4) is 0 Å². The van der Waals surface area contributed by atoms with Gasteiger partial charge >= 0.3 is 0 Å². The largest absolute Gasteiger partial charge is 0.354 e. The highest BCUT2D eigenvalue weighted by atomic mass is 15.4. The Morgan fingerprint density at radius 1 is 1.04 bits per heavy atom. The fourth-order valence-electron chi connectivity index (χ4n) is 3.37. The van der Waals surface area contributed by atoms with E-state index in [4.69, 9.17) is 5.10 Å². The second-order valence-electron chi connectivity index (χ2n) is 7.05. The Hall–Kier alpha value is -2.54. The van der Waals surface area contributed by atoms with Gasteiger partial charge in [-0.25, -0.2) is 0 Å². The van der Waals surface area contributed by atoms with E-state index in [0.29, 0.717) is 11.8 Å². The topological polar surface area (TPSA) is 71.2 Å². The van der Waals surface area contributed by atoms with Gasteiger partial charge in [0.2, 0.25) is 0 Å². The minimum Gasteiger partial charge on any atom is -0.354 e. The molecule has 0 radical (unpaired) electrons. The summed E-state index contributed by atoms with van der Waals surface area (Å²) in [4.78, 5) is 6.37. The van der Waals surface area contributed by atoms with Gasteiger partial charge in [-0.3, -0.25) is 4.98 Å². The van der Waals surface area contributed by atoms with E-state index < -0.39 is 0 Å². The fraction of sp³-hybridized carbons (Fsp3) is 0.444. The highest BCUT2D eigenvalue weighted by molar-refractivity contribution is 5.47. The summed E-state index contributed by atoms with van der Waals surface area (Å²) in [5, 5.41) is 16.8. The first kappa shape index (κ1) is 14.8. The molecule has 0 bridgehead atoms. The molecule has 2 aliphatic rings. The van der Waals surface area contributed by atoms with Gasteiger partial charge in [-0.05, 0) is 42.7 Å². The van der Waals surface area contributed by atoms with Crippen LogP contribution in [0.1, 0.15) is 30.1 Å². The number of hydrogen-bond donors (Lipinski definition) is 1. The van der Waals surface area contributed by atoms with Gasteiger partial charge in [0, 0.05) is 50.4 Å².